The minimum atomic E-state index is -0.413. The number of nitrogens with zero attached hydrogens (tertiary/aromatic N) is 5. The summed E-state index contributed by atoms with van der Waals surface area (Å²) < 4.78 is 1.67. The number of carbonyl (C=O) groups is 1. The molecule has 3 heterocycles. The number of hydrogen-bond donors (Lipinski definition) is 1. The molecule has 0 aliphatic carbocycles. The molecule has 0 unspecified atom stereocenters. The molecule has 0 atom stereocenters. The van der Waals surface area contributed by atoms with Crippen molar-refractivity contribution in [1.82, 2.24) is 25.0 Å². The Balaban J connectivity index is 1.73. The van der Waals surface area contributed by atoms with Crippen LogP contribution in [0.25, 0.3) is 16.4 Å². The van der Waals surface area contributed by atoms with E-state index < -0.39 is 5.91 Å². The van der Waals surface area contributed by atoms with Crippen LogP contribution in [0.3, 0.4) is 0 Å². The fourth-order valence-electron chi connectivity index (χ4n) is 2.22. The van der Waals surface area contributed by atoms with Crippen LogP contribution < -0.4 is 5.32 Å². The quantitative estimate of drug-likeness (QED) is 0.597. The summed E-state index contributed by atoms with van der Waals surface area (Å²) in [6.07, 6.45) is 0. The fraction of sp³-hybridized carbons (Fsp3) is 0.0625. The Morgan fingerprint density at radius 3 is 2.64 bits per heavy atom. The fourth-order valence-corrected chi connectivity index (χ4v) is 3.51. The van der Waals surface area contributed by atoms with Gasteiger partial charge in [0.1, 0.15) is 5.01 Å². The molecule has 0 saturated carbocycles. The van der Waals surface area contributed by atoms with E-state index in [2.05, 4.69) is 25.6 Å². The molecule has 4 aromatic rings. The van der Waals surface area contributed by atoms with Gasteiger partial charge in [0.25, 0.3) is 5.91 Å². The highest BCUT2D eigenvalue weighted by Gasteiger charge is 2.20. The molecule has 0 saturated heterocycles. The van der Waals surface area contributed by atoms with Crippen molar-refractivity contribution in [1.29, 1.82) is 0 Å². The van der Waals surface area contributed by atoms with E-state index in [4.69, 9.17) is 0 Å². The summed E-state index contributed by atoms with van der Waals surface area (Å²) in [5.41, 5.74) is 0.837. The molecule has 0 radical (unpaired) electrons. The van der Waals surface area contributed by atoms with Gasteiger partial charge in [-0.2, -0.15) is 0 Å². The van der Waals surface area contributed by atoms with Crippen molar-refractivity contribution in [2.45, 2.75) is 6.92 Å². The maximum atomic E-state index is 12.5. The van der Waals surface area contributed by atoms with Gasteiger partial charge in [-0.3, -0.25) is 10.1 Å². The van der Waals surface area contributed by atoms with Crippen LogP contribution in [0.15, 0.2) is 47.8 Å². The Bertz CT molecular complexity index is 1010. The molecule has 3 aromatic heterocycles. The van der Waals surface area contributed by atoms with E-state index in [0.717, 1.165) is 15.6 Å². The summed E-state index contributed by atoms with van der Waals surface area (Å²) in [5.74, 6) is 0.295. The average molecular weight is 368 g/mol. The lowest BCUT2D eigenvalue weighted by Gasteiger charge is -2.03. The molecule has 0 spiro atoms. The number of carbonyl (C=O) groups excluding carboxylic acids is 1. The lowest BCUT2D eigenvalue weighted by Crippen LogP contribution is -2.14. The number of anilines is 1. The third-order valence-corrected chi connectivity index (χ3v) is 4.92. The van der Waals surface area contributed by atoms with Crippen LogP contribution in [0, 0.1) is 6.92 Å². The van der Waals surface area contributed by atoms with Crippen molar-refractivity contribution >= 4 is 33.7 Å². The SMILES string of the molecule is Cc1nnc(NC(=O)c2nc(-c3cccs3)n(-c3ccccc3)n2)s1. The molecule has 1 N–H and O–H groups in total. The third kappa shape index (κ3) is 3.19. The van der Waals surface area contributed by atoms with Crippen molar-refractivity contribution in [2.75, 3.05) is 5.32 Å². The van der Waals surface area contributed by atoms with Gasteiger partial charge in [-0.25, -0.2) is 9.67 Å². The molecular weight excluding hydrogens is 356 g/mol. The smallest absolute Gasteiger partial charge is 0.294 e. The summed E-state index contributed by atoms with van der Waals surface area (Å²) in [4.78, 5) is 17.9. The van der Waals surface area contributed by atoms with Gasteiger partial charge in [-0.1, -0.05) is 35.6 Å². The molecule has 25 heavy (non-hydrogen) atoms. The van der Waals surface area contributed by atoms with E-state index in [9.17, 15) is 4.79 Å². The molecule has 0 fully saturated rings. The second-order valence-corrected chi connectivity index (χ2v) is 7.19. The first kappa shape index (κ1) is 15.6. The van der Waals surface area contributed by atoms with Gasteiger partial charge >= 0.3 is 0 Å². The molecule has 9 heteroatoms. The number of para-hydroxylation sites is 1. The van der Waals surface area contributed by atoms with E-state index in [-0.39, 0.29) is 5.82 Å². The van der Waals surface area contributed by atoms with Gasteiger partial charge in [0.15, 0.2) is 5.82 Å². The van der Waals surface area contributed by atoms with Crippen LogP contribution in [-0.2, 0) is 0 Å². The van der Waals surface area contributed by atoms with Gasteiger partial charge in [0, 0.05) is 0 Å². The van der Waals surface area contributed by atoms with Crippen molar-refractivity contribution in [3.8, 4) is 16.4 Å². The Labute approximate surface area is 151 Å². The Hall–Kier alpha value is -2.91. The normalized spacial score (nSPS) is 10.8. The monoisotopic (exact) mass is 368 g/mol. The lowest BCUT2D eigenvalue weighted by atomic mass is 10.3. The molecule has 4 rings (SSSR count). The van der Waals surface area contributed by atoms with Gasteiger partial charge in [0.2, 0.25) is 11.0 Å². The highest BCUT2D eigenvalue weighted by Crippen LogP contribution is 2.25. The predicted octanol–water partition coefficient (Wildman–Crippen LogP) is 3.41. The van der Waals surface area contributed by atoms with Crippen molar-refractivity contribution in [3.05, 3.63) is 58.7 Å². The first-order valence-electron chi connectivity index (χ1n) is 7.38. The zero-order chi connectivity index (χ0) is 17.2. The van der Waals surface area contributed by atoms with Crippen molar-refractivity contribution < 1.29 is 4.79 Å². The van der Waals surface area contributed by atoms with Crippen LogP contribution >= 0.6 is 22.7 Å². The first-order valence-corrected chi connectivity index (χ1v) is 9.08. The summed E-state index contributed by atoms with van der Waals surface area (Å²) in [5, 5.41) is 18.0. The molecular formula is C16H12N6OS2. The van der Waals surface area contributed by atoms with Crippen LogP contribution in [-0.4, -0.2) is 30.9 Å². The van der Waals surface area contributed by atoms with Crippen molar-refractivity contribution in [2.24, 2.45) is 0 Å². The number of amides is 1. The molecule has 1 amide bonds. The minimum Gasteiger partial charge on any atom is -0.294 e. The second-order valence-electron chi connectivity index (χ2n) is 5.06. The number of nitrogens with one attached hydrogen (secondary N) is 1. The van der Waals surface area contributed by atoms with E-state index in [1.54, 1.807) is 16.0 Å². The minimum absolute atomic E-state index is 0.0834. The number of thiophene rings is 1. The maximum absolute atomic E-state index is 12.5. The van der Waals surface area contributed by atoms with E-state index in [0.29, 0.717) is 11.0 Å². The topological polar surface area (TPSA) is 85.6 Å². The molecule has 0 bridgehead atoms. The number of benzene rings is 1. The molecule has 0 aliphatic rings. The largest absolute Gasteiger partial charge is 0.297 e. The van der Waals surface area contributed by atoms with Crippen LogP contribution in [0.5, 0.6) is 0 Å². The van der Waals surface area contributed by atoms with Crippen LogP contribution in [0.4, 0.5) is 5.13 Å². The Morgan fingerprint density at radius 1 is 1.12 bits per heavy atom. The highest BCUT2D eigenvalue weighted by atomic mass is 32.1. The zero-order valence-corrected chi connectivity index (χ0v) is 14.7. The summed E-state index contributed by atoms with van der Waals surface area (Å²) in [6.45, 7) is 1.82. The number of rotatable bonds is 4. The summed E-state index contributed by atoms with van der Waals surface area (Å²) in [6, 6.07) is 13.5. The Kier molecular flexibility index (Phi) is 4.08. The van der Waals surface area contributed by atoms with Gasteiger partial charge in [-0.05, 0) is 30.5 Å². The van der Waals surface area contributed by atoms with Gasteiger partial charge in [0.05, 0.1) is 10.6 Å². The lowest BCUT2D eigenvalue weighted by molar-refractivity contribution is 0.101. The highest BCUT2D eigenvalue weighted by molar-refractivity contribution is 7.15. The second kappa shape index (κ2) is 6.54. The standard InChI is InChI=1S/C16H12N6OS2/c1-10-19-20-16(25-10)18-15(23)13-17-14(12-8-5-9-24-12)22(21-13)11-6-3-2-4-7-11/h2-9H,1H3,(H,18,20,23). The maximum Gasteiger partial charge on any atom is 0.297 e. The predicted molar refractivity (Wildman–Crippen MR) is 97.3 cm³/mol. The van der Waals surface area contributed by atoms with E-state index >= 15 is 0 Å². The average Bonchev–Trinajstić information content (AvgIpc) is 3.35. The Morgan fingerprint density at radius 2 is 1.96 bits per heavy atom. The zero-order valence-electron chi connectivity index (χ0n) is 13.1. The molecule has 7 nitrogen and oxygen atoms in total. The third-order valence-electron chi connectivity index (χ3n) is 3.30. The molecule has 0 aliphatic heterocycles. The van der Waals surface area contributed by atoms with Crippen LogP contribution in [0.1, 0.15) is 15.6 Å². The first-order chi connectivity index (χ1) is 12.2. The van der Waals surface area contributed by atoms with E-state index in [1.807, 2.05) is 54.8 Å². The summed E-state index contributed by atoms with van der Waals surface area (Å²) >= 11 is 2.84. The van der Waals surface area contributed by atoms with Gasteiger partial charge in [-0.15, -0.1) is 26.6 Å². The molecule has 124 valence electrons. The van der Waals surface area contributed by atoms with Gasteiger partial charge < -0.3 is 0 Å². The van der Waals surface area contributed by atoms with Crippen LogP contribution in [0.2, 0.25) is 0 Å². The number of aromatic nitrogens is 5. The summed E-state index contributed by atoms with van der Waals surface area (Å²) in [7, 11) is 0. The van der Waals surface area contributed by atoms with Crippen molar-refractivity contribution in [3.63, 3.8) is 0 Å². The number of aryl methyl sites for hydroxylation is 1. The number of hydrogen-bond acceptors (Lipinski definition) is 7. The van der Waals surface area contributed by atoms with E-state index in [1.165, 1.54) is 11.3 Å². The molecule has 1 aromatic carbocycles.